The van der Waals surface area contributed by atoms with Crippen LogP contribution < -0.4 is 10.1 Å². The average molecular weight is 338 g/mol. The van der Waals surface area contributed by atoms with Gasteiger partial charge in [-0.25, -0.2) is 9.18 Å². The molecule has 1 fully saturated rings. The van der Waals surface area contributed by atoms with Gasteiger partial charge < -0.3 is 20.1 Å². The largest absolute Gasteiger partial charge is 0.494 e. The summed E-state index contributed by atoms with van der Waals surface area (Å²) in [6, 6.07) is 4.55. The van der Waals surface area contributed by atoms with Gasteiger partial charge in [-0.2, -0.15) is 0 Å². The van der Waals surface area contributed by atoms with Crippen LogP contribution in [0.15, 0.2) is 18.2 Å². The first-order chi connectivity index (χ1) is 11.5. The Hall–Kier alpha value is -1.82. The molecule has 0 spiro atoms. The van der Waals surface area contributed by atoms with Crippen LogP contribution in [0.25, 0.3) is 0 Å². The van der Waals surface area contributed by atoms with Gasteiger partial charge in [0, 0.05) is 26.1 Å². The molecule has 0 aliphatic heterocycles. The van der Waals surface area contributed by atoms with Crippen molar-refractivity contribution < 1.29 is 19.0 Å². The fraction of sp³-hybridized carbons (Fsp3) is 0.611. The highest BCUT2D eigenvalue weighted by atomic mass is 19.1. The minimum atomic E-state index is -0.393. The number of nitrogens with one attached hydrogen (secondary N) is 1. The molecule has 2 atom stereocenters. The summed E-state index contributed by atoms with van der Waals surface area (Å²) >= 11 is 0. The van der Waals surface area contributed by atoms with Crippen molar-refractivity contribution >= 4 is 6.03 Å². The second kappa shape index (κ2) is 8.87. The Balaban J connectivity index is 1.76. The molecule has 0 aromatic heterocycles. The lowest BCUT2D eigenvalue weighted by Gasteiger charge is -2.31. The van der Waals surface area contributed by atoms with Crippen molar-refractivity contribution in [3.05, 3.63) is 29.6 Å². The molecule has 0 radical (unpaired) electrons. The van der Waals surface area contributed by atoms with Gasteiger partial charge in [-0.1, -0.05) is 18.9 Å². The summed E-state index contributed by atoms with van der Waals surface area (Å²) in [7, 11) is 3.18. The van der Waals surface area contributed by atoms with Crippen molar-refractivity contribution in [2.75, 3.05) is 27.2 Å². The Morgan fingerprint density at radius 3 is 2.88 bits per heavy atom. The fourth-order valence-electron chi connectivity index (χ4n) is 3.14. The molecule has 2 rings (SSSR count). The number of amides is 2. The number of carbonyl (C=O) groups excluding carboxylic acids is 1. The van der Waals surface area contributed by atoms with Crippen molar-refractivity contribution in [3.8, 4) is 5.75 Å². The third kappa shape index (κ3) is 5.09. The predicted molar refractivity (Wildman–Crippen MR) is 90.6 cm³/mol. The second-order valence-electron chi connectivity index (χ2n) is 6.44. The first-order valence-corrected chi connectivity index (χ1v) is 8.50. The zero-order chi connectivity index (χ0) is 17.5. The van der Waals surface area contributed by atoms with E-state index < -0.39 is 5.82 Å². The number of carbonyl (C=O) groups is 1. The van der Waals surface area contributed by atoms with E-state index in [0.717, 1.165) is 31.2 Å². The third-order valence-corrected chi connectivity index (χ3v) is 4.63. The van der Waals surface area contributed by atoms with E-state index in [1.165, 1.54) is 13.2 Å². The lowest BCUT2D eigenvalue weighted by Crippen LogP contribution is -2.43. The Labute approximate surface area is 142 Å². The number of nitrogens with zero attached hydrogens (tertiary/aromatic N) is 1. The van der Waals surface area contributed by atoms with Gasteiger partial charge in [-0.15, -0.1) is 0 Å². The monoisotopic (exact) mass is 338 g/mol. The van der Waals surface area contributed by atoms with Crippen molar-refractivity contribution in [2.24, 2.45) is 5.92 Å². The molecule has 1 aliphatic rings. The van der Waals surface area contributed by atoms with Gasteiger partial charge >= 0.3 is 6.03 Å². The zero-order valence-electron chi connectivity index (χ0n) is 14.4. The topological polar surface area (TPSA) is 61.8 Å². The van der Waals surface area contributed by atoms with Crippen LogP contribution in [0.3, 0.4) is 0 Å². The molecule has 24 heavy (non-hydrogen) atoms. The predicted octanol–water partition coefficient (Wildman–Crippen LogP) is 2.57. The molecular weight excluding hydrogens is 311 g/mol. The minimum absolute atomic E-state index is 0.151. The Morgan fingerprint density at radius 2 is 2.17 bits per heavy atom. The number of halogens is 1. The molecule has 1 saturated carbocycles. The smallest absolute Gasteiger partial charge is 0.317 e. The maximum atomic E-state index is 13.4. The van der Waals surface area contributed by atoms with Gasteiger partial charge in [0.1, 0.15) is 0 Å². The first kappa shape index (κ1) is 18.5. The summed E-state index contributed by atoms with van der Waals surface area (Å²) < 4.78 is 18.3. The van der Waals surface area contributed by atoms with Crippen molar-refractivity contribution in [1.82, 2.24) is 10.2 Å². The van der Waals surface area contributed by atoms with Crippen LogP contribution in [-0.4, -0.2) is 49.4 Å². The van der Waals surface area contributed by atoms with Crippen LogP contribution in [0.1, 0.15) is 31.2 Å². The van der Waals surface area contributed by atoms with Gasteiger partial charge in [-0.05, 0) is 37.0 Å². The van der Waals surface area contributed by atoms with E-state index in [1.54, 1.807) is 24.1 Å². The molecule has 6 heteroatoms. The van der Waals surface area contributed by atoms with E-state index >= 15 is 0 Å². The van der Waals surface area contributed by atoms with E-state index in [4.69, 9.17) is 4.74 Å². The number of ether oxygens (including phenoxy) is 1. The van der Waals surface area contributed by atoms with E-state index in [2.05, 4.69) is 5.32 Å². The van der Waals surface area contributed by atoms with Crippen molar-refractivity contribution in [1.29, 1.82) is 0 Å². The summed E-state index contributed by atoms with van der Waals surface area (Å²) in [6.07, 6.45) is 4.27. The van der Waals surface area contributed by atoms with Gasteiger partial charge in [0.25, 0.3) is 0 Å². The third-order valence-electron chi connectivity index (χ3n) is 4.63. The average Bonchev–Trinajstić information content (AvgIpc) is 2.58. The fourth-order valence-corrected chi connectivity index (χ4v) is 3.14. The maximum absolute atomic E-state index is 13.4. The number of benzene rings is 1. The number of aliphatic hydroxyl groups excluding tert-OH is 1. The van der Waals surface area contributed by atoms with Gasteiger partial charge in [0.2, 0.25) is 0 Å². The molecule has 2 N–H and O–H groups in total. The number of hydrogen-bond donors (Lipinski definition) is 2. The summed E-state index contributed by atoms with van der Waals surface area (Å²) in [5, 5.41) is 12.9. The van der Waals surface area contributed by atoms with Crippen LogP contribution in [0.5, 0.6) is 5.75 Å². The lowest BCUT2D eigenvalue weighted by atomic mass is 9.86. The standard InChI is InChI=1S/C18H27FN2O3/c1-21(12-14-5-3-4-6-16(14)22)18(23)20-10-9-13-7-8-15(19)17(11-13)24-2/h7-8,11,14,16,22H,3-6,9-10,12H2,1-2H3,(H,20,23). The van der Waals surface area contributed by atoms with Crippen LogP contribution in [0, 0.1) is 11.7 Å². The molecule has 1 aromatic rings. The van der Waals surface area contributed by atoms with E-state index in [1.807, 2.05) is 0 Å². The quantitative estimate of drug-likeness (QED) is 0.838. The first-order valence-electron chi connectivity index (χ1n) is 8.50. The van der Waals surface area contributed by atoms with Crippen LogP contribution in [-0.2, 0) is 6.42 Å². The summed E-state index contributed by atoms with van der Waals surface area (Å²) in [4.78, 5) is 13.8. The summed E-state index contributed by atoms with van der Waals surface area (Å²) in [6.45, 7) is 1.03. The molecule has 2 unspecified atom stereocenters. The van der Waals surface area contributed by atoms with E-state index in [-0.39, 0.29) is 23.8 Å². The van der Waals surface area contributed by atoms with Gasteiger partial charge in [-0.3, -0.25) is 0 Å². The Kier molecular flexibility index (Phi) is 6.85. The molecular formula is C18H27FN2O3. The second-order valence-corrected chi connectivity index (χ2v) is 6.44. The number of urea groups is 1. The number of hydrogen-bond acceptors (Lipinski definition) is 3. The van der Waals surface area contributed by atoms with Crippen LogP contribution in [0.2, 0.25) is 0 Å². The number of methoxy groups -OCH3 is 1. The highest BCUT2D eigenvalue weighted by Gasteiger charge is 2.25. The number of aliphatic hydroxyl groups is 1. The van der Waals surface area contributed by atoms with Crippen molar-refractivity contribution in [3.63, 3.8) is 0 Å². The van der Waals surface area contributed by atoms with Crippen LogP contribution >= 0.6 is 0 Å². The lowest BCUT2D eigenvalue weighted by molar-refractivity contribution is 0.0565. The zero-order valence-corrected chi connectivity index (χ0v) is 14.4. The van der Waals surface area contributed by atoms with E-state index in [0.29, 0.717) is 19.5 Å². The highest BCUT2D eigenvalue weighted by molar-refractivity contribution is 5.73. The number of rotatable bonds is 6. The molecule has 5 nitrogen and oxygen atoms in total. The van der Waals surface area contributed by atoms with Crippen molar-refractivity contribution in [2.45, 2.75) is 38.2 Å². The molecule has 1 aromatic carbocycles. The van der Waals surface area contributed by atoms with E-state index in [9.17, 15) is 14.3 Å². The Morgan fingerprint density at radius 1 is 1.42 bits per heavy atom. The highest BCUT2D eigenvalue weighted by Crippen LogP contribution is 2.24. The normalized spacial score (nSPS) is 20.5. The molecule has 0 bridgehead atoms. The summed E-state index contributed by atoms with van der Waals surface area (Å²) in [5.74, 6) is -0.0193. The van der Waals surface area contributed by atoms with Gasteiger partial charge in [0.15, 0.2) is 11.6 Å². The molecule has 2 amide bonds. The molecule has 0 heterocycles. The molecule has 1 aliphatic carbocycles. The maximum Gasteiger partial charge on any atom is 0.317 e. The minimum Gasteiger partial charge on any atom is -0.494 e. The SMILES string of the molecule is COc1cc(CCNC(=O)N(C)CC2CCCCC2O)ccc1F. The summed E-state index contributed by atoms with van der Waals surface area (Å²) in [5.41, 5.74) is 0.902. The molecule has 0 saturated heterocycles. The van der Waals surface area contributed by atoms with Crippen LogP contribution in [0.4, 0.5) is 9.18 Å². The Bertz CT molecular complexity index is 553. The molecule has 134 valence electrons. The van der Waals surface area contributed by atoms with Gasteiger partial charge in [0.05, 0.1) is 13.2 Å².